The van der Waals surface area contributed by atoms with Crippen molar-refractivity contribution in [2.75, 3.05) is 32.9 Å². The first kappa shape index (κ1) is 19.9. The first-order valence-electron chi connectivity index (χ1n) is 8.98. The molecule has 7 nitrogen and oxygen atoms in total. The molecule has 1 heterocycles. The third-order valence-corrected chi connectivity index (χ3v) is 4.54. The van der Waals surface area contributed by atoms with Crippen LogP contribution >= 0.6 is 0 Å². The number of benzene rings is 1. The fraction of sp³-hybridized carbons (Fsp3) is 0.579. The van der Waals surface area contributed by atoms with E-state index >= 15 is 0 Å². The zero-order valence-corrected chi connectivity index (χ0v) is 16.3. The molecule has 7 heteroatoms. The van der Waals surface area contributed by atoms with Gasteiger partial charge in [-0.25, -0.2) is 4.79 Å². The van der Waals surface area contributed by atoms with Crippen LogP contribution in [-0.4, -0.2) is 61.1 Å². The smallest absolute Gasteiger partial charge is 0.317 e. The molecule has 0 saturated heterocycles. The summed E-state index contributed by atoms with van der Waals surface area (Å²) in [7, 11) is 3.54. The molecule has 0 bridgehead atoms. The van der Waals surface area contributed by atoms with Crippen molar-refractivity contribution in [3.8, 4) is 5.75 Å². The van der Waals surface area contributed by atoms with Crippen molar-refractivity contribution in [1.29, 1.82) is 0 Å². The molecular formula is C19H30N4O3. The lowest BCUT2D eigenvalue weighted by atomic mass is 10.0. The van der Waals surface area contributed by atoms with Crippen molar-refractivity contribution in [1.82, 2.24) is 15.1 Å². The highest BCUT2D eigenvalue weighted by Crippen LogP contribution is 2.27. The van der Waals surface area contributed by atoms with Gasteiger partial charge in [0.05, 0.1) is 13.0 Å². The molecule has 2 rings (SSSR count). The van der Waals surface area contributed by atoms with Crippen LogP contribution in [0.4, 0.5) is 10.5 Å². The number of hydrogen-bond acceptors (Lipinski definition) is 4. The van der Waals surface area contributed by atoms with Gasteiger partial charge < -0.3 is 25.6 Å². The maximum absolute atomic E-state index is 12.5. The normalized spacial score (nSPS) is 20.5. The summed E-state index contributed by atoms with van der Waals surface area (Å²) in [6, 6.07) is 5.27. The van der Waals surface area contributed by atoms with Crippen molar-refractivity contribution in [3.05, 3.63) is 23.8 Å². The highest BCUT2D eigenvalue weighted by Gasteiger charge is 2.28. The average molecular weight is 362 g/mol. The van der Waals surface area contributed by atoms with Gasteiger partial charge in [0.2, 0.25) is 5.91 Å². The molecule has 1 aliphatic rings. The van der Waals surface area contributed by atoms with E-state index in [1.54, 1.807) is 42.1 Å². The second kappa shape index (κ2) is 8.29. The number of carbonyl (C=O) groups excluding carboxylic acids is 2. The summed E-state index contributed by atoms with van der Waals surface area (Å²) in [5.41, 5.74) is 7.25. The van der Waals surface area contributed by atoms with E-state index in [0.29, 0.717) is 24.5 Å². The van der Waals surface area contributed by atoms with E-state index in [4.69, 9.17) is 10.5 Å². The lowest BCUT2D eigenvalue weighted by molar-refractivity contribution is -0.129. The third kappa shape index (κ3) is 5.03. The van der Waals surface area contributed by atoms with Gasteiger partial charge in [0.25, 0.3) is 0 Å². The van der Waals surface area contributed by atoms with Gasteiger partial charge in [-0.1, -0.05) is 6.92 Å². The molecule has 1 aromatic carbocycles. The Morgan fingerprint density at radius 2 is 2.15 bits per heavy atom. The summed E-state index contributed by atoms with van der Waals surface area (Å²) in [4.78, 5) is 28.0. The van der Waals surface area contributed by atoms with Crippen LogP contribution in [0.3, 0.4) is 0 Å². The number of anilines is 1. The molecule has 0 unspecified atom stereocenters. The second-order valence-corrected chi connectivity index (χ2v) is 7.44. The number of nitrogen functional groups attached to an aromatic ring is 1. The molecule has 144 valence electrons. The molecule has 0 aliphatic carbocycles. The number of nitrogens with two attached hydrogens (primary N) is 1. The van der Waals surface area contributed by atoms with Crippen LogP contribution in [0.2, 0.25) is 0 Å². The molecule has 1 aromatic rings. The van der Waals surface area contributed by atoms with E-state index in [9.17, 15) is 9.59 Å². The Morgan fingerprint density at radius 3 is 2.81 bits per heavy atom. The Morgan fingerprint density at radius 1 is 1.46 bits per heavy atom. The molecule has 3 amide bonds. The number of likely N-dealkylation sites (N-methyl/N-ethyl adjacent to an activating group) is 2. The van der Waals surface area contributed by atoms with Gasteiger partial charge in [-0.2, -0.15) is 0 Å². The Hall–Kier alpha value is -2.44. The van der Waals surface area contributed by atoms with Crippen molar-refractivity contribution >= 4 is 17.6 Å². The van der Waals surface area contributed by atoms with Gasteiger partial charge in [-0.3, -0.25) is 4.79 Å². The predicted octanol–water partition coefficient (Wildman–Crippen LogP) is 1.72. The summed E-state index contributed by atoms with van der Waals surface area (Å²) in [6.45, 7) is 6.86. The van der Waals surface area contributed by atoms with E-state index in [0.717, 1.165) is 5.56 Å². The van der Waals surface area contributed by atoms with Crippen LogP contribution in [0.15, 0.2) is 18.2 Å². The van der Waals surface area contributed by atoms with Crippen LogP contribution in [0.25, 0.3) is 0 Å². The lowest BCUT2D eigenvalue weighted by Gasteiger charge is -2.31. The minimum absolute atomic E-state index is 0.0267. The van der Waals surface area contributed by atoms with Crippen molar-refractivity contribution in [2.45, 2.75) is 39.3 Å². The average Bonchev–Trinajstić information content (AvgIpc) is 2.58. The minimum Gasteiger partial charge on any atom is -0.488 e. The molecule has 0 radical (unpaired) electrons. The number of fused-ring (bicyclic) bond motifs is 1. The zero-order chi connectivity index (χ0) is 19.4. The van der Waals surface area contributed by atoms with Gasteiger partial charge in [0, 0.05) is 43.9 Å². The molecular weight excluding hydrogens is 332 g/mol. The van der Waals surface area contributed by atoms with Gasteiger partial charge in [0.1, 0.15) is 11.9 Å². The summed E-state index contributed by atoms with van der Waals surface area (Å²) in [5, 5.41) is 2.88. The number of urea groups is 1. The third-order valence-electron chi connectivity index (χ3n) is 4.54. The SMILES string of the molecule is CC(C)NC(=O)N(C)C[C@@H]1Oc2ccc(N)cc2CC(=O)N(C)C[C@@H]1C. The van der Waals surface area contributed by atoms with Crippen LogP contribution in [-0.2, 0) is 11.2 Å². The molecule has 1 aliphatic heterocycles. The Labute approximate surface area is 155 Å². The largest absolute Gasteiger partial charge is 0.488 e. The van der Waals surface area contributed by atoms with Crippen LogP contribution < -0.4 is 15.8 Å². The Balaban J connectivity index is 2.25. The maximum Gasteiger partial charge on any atom is 0.317 e. The molecule has 2 atom stereocenters. The lowest BCUT2D eigenvalue weighted by Crippen LogP contribution is -2.48. The standard InChI is InChI=1S/C19H30N4O3/c1-12(2)21-19(25)23(5)11-17-13(3)10-22(4)18(24)9-14-8-15(20)6-7-16(14)26-17/h6-8,12-13,17H,9-11,20H2,1-5H3,(H,21,25)/t13-,17-/m0/s1. The number of ether oxygens (including phenoxy) is 1. The fourth-order valence-corrected chi connectivity index (χ4v) is 3.01. The van der Waals surface area contributed by atoms with Crippen LogP contribution in [0.5, 0.6) is 5.75 Å². The molecule has 3 N–H and O–H groups in total. The Kier molecular flexibility index (Phi) is 6.34. The quantitative estimate of drug-likeness (QED) is 0.802. The molecule has 0 saturated carbocycles. The summed E-state index contributed by atoms with van der Waals surface area (Å²) in [5.74, 6) is 0.734. The van der Waals surface area contributed by atoms with Crippen molar-refractivity contribution in [2.24, 2.45) is 5.92 Å². The zero-order valence-electron chi connectivity index (χ0n) is 16.3. The predicted molar refractivity (Wildman–Crippen MR) is 102 cm³/mol. The number of rotatable bonds is 3. The van der Waals surface area contributed by atoms with Gasteiger partial charge in [0.15, 0.2) is 0 Å². The molecule has 0 spiro atoms. The van der Waals surface area contributed by atoms with Crippen LogP contribution in [0.1, 0.15) is 26.3 Å². The van der Waals surface area contributed by atoms with Crippen molar-refractivity contribution < 1.29 is 14.3 Å². The first-order valence-corrected chi connectivity index (χ1v) is 8.98. The van der Waals surface area contributed by atoms with E-state index < -0.39 is 0 Å². The molecule has 0 aromatic heterocycles. The van der Waals surface area contributed by atoms with E-state index in [1.807, 2.05) is 20.8 Å². The van der Waals surface area contributed by atoms with E-state index in [-0.39, 0.29) is 36.4 Å². The van der Waals surface area contributed by atoms with Gasteiger partial charge in [-0.05, 0) is 32.0 Å². The maximum atomic E-state index is 12.5. The van der Waals surface area contributed by atoms with Gasteiger partial charge >= 0.3 is 6.03 Å². The molecule has 26 heavy (non-hydrogen) atoms. The monoisotopic (exact) mass is 362 g/mol. The first-order chi connectivity index (χ1) is 12.2. The number of hydrogen-bond donors (Lipinski definition) is 2. The van der Waals surface area contributed by atoms with E-state index in [2.05, 4.69) is 5.32 Å². The number of carbonyl (C=O) groups is 2. The second-order valence-electron chi connectivity index (χ2n) is 7.44. The minimum atomic E-state index is -0.242. The molecule has 0 fully saturated rings. The highest BCUT2D eigenvalue weighted by atomic mass is 16.5. The number of nitrogens with zero attached hydrogens (tertiary/aromatic N) is 2. The van der Waals surface area contributed by atoms with E-state index in [1.165, 1.54) is 0 Å². The van der Waals surface area contributed by atoms with Crippen molar-refractivity contribution in [3.63, 3.8) is 0 Å². The Bertz CT molecular complexity index is 662. The van der Waals surface area contributed by atoms with Crippen LogP contribution in [0, 0.1) is 5.92 Å². The van der Waals surface area contributed by atoms with Gasteiger partial charge in [-0.15, -0.1) is 0 Å². The topological polar surface area (TPSA) is 87.9 Å². The fourth-order valence-electron chi connectivity index (χ4n) is 3.01. The number of nitrogens with one attached hydrogen (secondary N) is 1. The highest BCUT2D eigenvalue weighted by molar-refractivity contribution is 5.80. The summed E-state index contributed by atoms with van der Waals surface area (Å²) in [6.07, 6.45) is 0.00799. The number of amides is 3. The summed E-state index contributed by atoms with van der Waals surface area (Å²) < 4.78 is 6.25. The summed E-state index contributed by atoms with van der Waals surface area (Å²) >= 11 is 0.